The molecule has 4 rings (SSSR count). The van der Waals surface area contributed by atoms with E-state index < -0.39 is 5.97 Å². The SMILES string of the molecule is CC(=O)O.CC[n+]1ccc(CCNC(=O)c2ccc(N)cc2)cc1.COC(C)=O.Cc1ccc(N)cc1.O=CNCCc1cc[nH+]cc1. The monoisotopic (exact) mass is 662 g/mol. The first-order valence-electron chi connectivity index (χ1n) is 15.2. The van der Waals surface area contributed by atoms with Gasteiger partial charge in [0.25, 0.3) is 11.9 Å². The predicted molar refractivity (Wildman–Crippen MR) is 187 cm³/mol. The molecule has 2 aromatic heterocycles. The molecular formula is C36H50N6O6+2. The van der Waals surface area contributed by atoms with Crippen LogP contribution in [0.2, 0.25) is 0 Å². The van der Waals surface area contributed by atoms with E-state index in [0.29, 0.717) is 24.3 Å². The Bertz CT molecular complexity index is 1420. The third kappa shape index (κ3) is 23.6. The number of aromatic amines is 1. The van der Waals surface area contributed by atoms with Crippen molar-refractivity contribution in [3.63, 3.8) is 0 Å². The number of anilines is 2. The predicted octanol–water partition coefficient (Wildman–Crippen LogP) is 3.19. The highest BCUT2D eigenvalue weighted by molar-refractivity contribution is 5.94. The van der Waals surface area contributed by atoms with Crippen molar-refractivity contribution in [2.45, 2.75) is 47.1 Å². The highest BCUT2D eigenvalue weighted by Crippen LogP contribution is 2.05. The van der Waals surface area contributed by atoms with Crippen molar-refractivity contribution in [2.24, 2.45) is 0 Å². The van der Waals surface area contributed by atoms with Crippen LogP contribution in [-0.4, -0.2) is 49.6 Å². The van der Waals surface area contributed by atoms with Crippen molar-refractivity contribution >= 4 is 35.6 Å². The Labute approximate surface area is 283 Å². The van der Waals surface area contributed by atoms with E-state index in [4.69, 9.17) is 21.4 Å². The summed E-state index contributed by atoms with van der Waals surface area (Å²) in [5, 5.41) is 12.9. The number of esters is 1. The lowest BCUT2D eigenvalue weighted by Crippen LogP contribution is -2.31. The van der Waals surface area contributed by atoms with Gasteiger partial charge in [0.05, 0.1) is 7.11 Å². The molecule has 0 radical (unpaired) electrons. The van der Waals surface area contributed by atoms with Crippen LogP contribution in [0, 0.1) is 6.92 Å². The summed E-state index contributed by atoms with van der Waals surface area (Å²) in [7, 11) is 1.35. The van der Waals surface area contributed by atoms with Gasteiger partial charge in [-0.05, 0) is 74.2 Å². The van der Waals surface area contributed by atoms with E-state index in [1.54, 1.807) is 24.3 Å². The average molecular weight is 663 g/mol. The third-order valence-electron chi connectivity index (χ3n) is 5.99. The van der Waals surface area contributed by atoms with Gasteiger partial charge >= 0.3 is 5.97 Å². The number of benzene rings is 2. The largest absolute Gasteiger partial charge is 0.481 e. The van der Waals surface area contributed by atoms with Gasteiger partial charge in [-0.15, -0.1) is 0 Å². The molecule has 0 bridgehead atoms. The zero-order chi connectivity index (χ0) is 36.2. The van der Waals surface area contributed by atoms with Gasteiger partial charge in [-0.1, -0.05) is 17.7 Å². The van der Waals surface area contributed by atoms with Gasteiger partial charge in [0.1, 0.15) is 6.54 Å². The summed E-state index contributed by atoms with van der Waals surface area (Å²) in [6.07, 6.45) is 10.3. The van der Waals surface area contributed by atoms with Crippen LogP contribution in [0.1, 0.15) is 47.8 Å². The lowest BCUT2D eigenvalue weighted by Gasteiger charge is -2.05. The molecule has 4 aromatic rings. The number of nitrogens with two attached hydrogens (primary N) is 2. The normalized spacial score (nSPS) is 9.10. The number of aromatic nitrogens is 2. The number of carboxylic acid groups (broad SMARTS) is 1. The number of amides is 2. The minimum atomic E-state index is -0.833. The van der Waals surface area contributed by atoms with Gasteiger partial charge in [-0.3, -0.25) is 19.2 Å². The number of ether oxygens (including phenoxy) is 1. The van der Waals surface area contributed by atoms with Crippen molar-refractivity contribution in [1.82, 2.24) is 10.6 Å². The van der Waals surface area contributed by atoms with Gasteiger partial charge in [0, 0.05) is 68.1 Å². The number of aliphatic carboxylic acids is 1. The Morgan fingerprint density at radius 2 is 1.29 bits per heavy atom. The molecule has 2 heterocycles. The van der Waals surface area contributed by atoms with Crippen molar-refractivity contribution < 1.29 is 38.6 Å². The molecule has 2 aromatic carbocycles. The van der Waals surface area contributed by atoms with E-state index in [9.17, 15) is 14.4 Å². The number of H-pyrrole nitrogens is 1. The van der Waals surface area contributed by atoms with Crippen LogP contribution in [0.3, 0.4) is 0 Å². The van der Waals surface area contributed by atoms with E-state index in [1.165, 1.54) is 30.7 Å². The van der Waals surface area contributed by atoms with Gasteiger partial charge in [-0.2, -0.15) is 0 Å². The molecule has 48 heavy (non-hydrogen) atoms. The maximum Gasteiger partial charge on any atom is 0.302 e. The van der Waals surface area contributed by atoms with Crippen LogP contribution >= 0.6 is 0 Å². The molecule has 0 aliphatic rings. The Hall–Kier alpha value is -5.78. The number of carboxylic acids is 1. The van der Waals surface area contributed by atoms with Crippen LogP contribution in [0.5, 0.6) is 0 Å². The molecule has 258 valence electrons. The lowest BCUT2D eigenvalue weighted by molar-refractivity contribution is -0.693. The number of hydrogen-bond acceptors (Lipinski definition) is 7. The summed E-state index contributed by atoms with van der Waals surface area (Å²) in [4.78, 5) is 43.3. The van der Waals surface area contributed by atoms with E-state index in [1.807, 2.05) is 55.7 Å². The van der Waals surface area contributed by atoms with E-state index >= 15 is 0 Å². The molecule has 0 atom stereocenters. The summed E-state index contributed by atoms with van der Waals surface area (Å²) in [6.45, 7) is 8.88. The van der Waals surface area contributed by atoms with Crippen molar-refractivity contribution in [1.29, 1.82) is 0 Å². The van der Waals surface area contributed by atoms with Crippen molar-refractivity contribution in [3.05, 3.63) is 120 Å². The molecule has 2 amide bonds. The van der Waals surface area contributed by atoms with Crippen LogP contribution in [0.15, 0.2) is 97.6 Å². The number of methoxy groups -OCH3 is 1. The first-order valence-corrected chi connectivity index (χ1v) is 15.2. The molecule has 12 heteroatoms. The summed E-state index contributed by atoms with van der Waals surface area (Å²) < 4.78 is 6.22. The highest BCUT2D eigenvalue weighted by Gasteiger charge is 2.05. The van der Waals surface area contributed by atoms with Crippen LogP contribution in [0.4, 0.5) is 11.4 Å². The second kappa shape index (κ2) is 26.4. The average Bonchev–Trinajstić information content (AvgIpc) is 3.08. The van der Waals surface area contributed by atoms with Gasteiger partial charge in [-0.25, -0.2) is 9.55 Å². The molecule has 0 saturated carbocycles. The fraction of sp³-hybridized carbons (Fsp3) is 0.278. The molecule has 0 unspecified atom stereocenters. The number of carbonyl (C=O) groups excluding carboxylic acids is 3. The summed E-state index contributed by atoms with van der Waals surface area (Å²) in [5.74, 6) is -1.14. The minimum Gasteiger partial charge on any atom is -0.481 e. The number of pyridine rings is 2. The second-order valence-corrected chi connectivity index (χ2v) is 10.0. The molecule has 0 saturated heterocycles. The first kappa shape index (κ1) is 42.2. The number of rotatable bonds is 9. The van der Waals surface area contributed by atoms with E-state index in [-0.39, 0.29) is 11.9 Å². The van der Waals surface area contributed by atoms with Crippen molar-refractivity contribution in [2.75, 3.05) is 31.7 Å². The smallest absolute Gasteiger partial charge is 0.302 e. The standard InChI is InChI=1S/C16H19N3O.C8H10N2O.C7H9N.C3H6O2.C2H4O2/c1-2-19-11-8-13(9-12-19)7-10-18-16(20)14-3-5-15(17)6-4-14;11-7-10-6-3-8-1-4-9-5-2-8;1-6-2-4-7(8)5-3-6;1-3(4)5-2;1-2(3)4/h3-6,8-9,11-12H,2,7,10H2,1H3,(H2-,17,18,20);1-2,4-5,7H,3,6H2,(H,10,11);2-5H,8H2,1H3;1-2H3;1H3,(H,3,4)/p+2. The summed E-state index contributed by atoms with van der Waals surface area (Å²) >= 11 is 0. The van der Waals surface area contributed by atoms with Crippen LogP contribution < -0.4 is 31.7 Å². The zero-order valence-electron chi connectivity index (χ0n) is 28.4. The molecular weight excluding hydrogens is 612 g/mol. The number of aryl methyl sites for hydroxylation is 2. The Kier molecular flexibility index (Phi) is 23.3. The molecule has 0 fully saturated rings. The molecule has 0 aliphatic carbocycles. The quantitative estimate of drug-likeness (QED) is 0.0593. The fourth-order valence-corrected chi connectivity index (χ4v) is 3.35. The fourth-order valence-electron chi connectivity index (χ4n) is 3.35. The molecule has 0 spiro atoms. The summed E-state index contributed by atoms with van der Waals surface area (Å²) in [6, 6.07) is 22.9. The lowest BCUT2D eigenvalue weighted by atomic mass is 10.1. The van der Waals surface area contributed by atoms with Crippen LogP contribution in [0.25, 0.3) is 0 Å². The number of nitrogens with one attached hydrogen (secondary N) is 3. The van der Waals surface area contributed by atoms with Gasteiger partial charge < -0.3 is 31.9 Å². The second-order valence-electron chi connectivity index (χ2n) is 10.0. The molecule has 8 N–H and O–H groups in total. The Morgan fingerprint density at radius 3 is 1.73 bits per heavy atom. The topological polar surface area (TPSA) is 192 Å². The zero-order valence-corrected chi connectivity index (χ0v) is 28.4. The maximum atomic E-state index is 11.9. The van der Waals surface area contributed by atoms with Gasteiger partial charge in [0.2, 0.25) is 6.41 Å². The Balaban J connectivity index is 0.000000662. The molecule has 0 aliphatic heterocycles. The number of hydrogen-bond donors (Lipinski definition) is 5. The van der Waals surface area contributed by atoms with Crippen molar-refractivity contribution in [3.8, 4) is 0 Å². The summed E-state index contributed by atoms with van der Waals surface area (Å²) in [5.41, 5.74) is 16.8. The highest BCUT2D eigenvalue weighted by atomic mass is 16.5. The number of nitrogens with zero attached hydrogens (tertiary/aromatic N) is 1. The maximum absolute atomic E-state index is 11.9. The van der Waals surface area contributed by atoms with Gasteiger partial charge in [0.15, 0.2) is 24.8 Å². The third-order valence-corrected chi connectivity index (χ3v) is 5.99. The number of nitrogen functional groups attached to an aromatic ring is 2. The Morgan fingerprint density at radius 1 is 0.833 bits per heavy atom. The van der Waals surface area contributed by atoms with E-state index in [2.05, 4.69) is 56.4 Å². The molecule has 12 nitrogen and oxygen atoms in total. The number of carbonyl (C=O) groups is 4. The van der Waals surface area contributed by atoms with E-state index in [0.717, 1.165) is 38.4 Å². The first-order chi connectivity index (χ1) is 22.9. The minimum absolute atomic E-state index is 0.0652. The van der Waals surface area contributed by atoms with Crippen LogP contribution in [-0.2, 0) is 38.5 Å².